The van der Waals surface area contributed by atoms with E-state index in [2.05, 4.69) is 5.32 Å². The lowest BCUT2D eigenvalue weighted by Crippen LogP contribution is -2.14. The number of ether oxygens (including phenoxy) is 1. The Hall–Kier alpha value is -2.56. The van der Waals surface area contributed by atoms with Gasteiger partial charge >= 0.3 is 0 Å². The van der Waals surface area contributed by atoms with Crippen LogP contribution in [0.25, 0.3) is 0 Å². The van der Waals surface area contributed by atoms with Crippen molar-refractivity contribution in [2.24, 2.45) is 0 Å². The normalized spacial score (nSPS) is 10.1. The molecule has 0 aliphatic carbocycles. The molecule has 5 heteroatoms. The van der Waals surface area contributed by atoms with Gasteiger partial charge < -0.3 is 15.8 Å². The Morgan fingerprint density at radius 3 is 2.60 bits per heavy atom. The van der Waals surface area contributed by atoms with E-state index >= 15 is 0 Å². The first-order valence-electron chi connectivity index (χ1n) is 6.19. The number of nitrogens with two attached hydrogens (primary N) is 1. The molecule has 0 radical (unpaired) electrons. The maximum atomic E-state index is 13.6. The molecule has 0 fully saturated rings. The number of hydrogen-bond donors (Lipinski definition) is 2. The fraction of sp³-hybridized carbons (Fsp3) is 0.133. The second-order valence-electron chi connectivity index (χ2n) is 4.15. The third-order valence-electron chi connectivity index (χ3n) is 2.66. The van der Waals surface area contributed by atoms with Crippen LogP contribution in [0.5, 0.6) is 5.75 Å². The van der Waals surface area contributed by atoms with Gasteiger partial charge in [0.25, 0.3) is 5.91 Å². The van der Waals surface area contributed by atoms with Crippen molar-refractivity contribution in [2.75, 3.05) is 17.7 Å². The molecule has 2 aromatic carbocycles. The highest BCUT2D eigenvalue weighted by Gasteiger charge is 2.12. The van der Waals surface area contributed by atoms with Gasteiger partial charge in [0.05, 0.1) is 12.2 Å². The summed E-state index contributed by atoms with van der Waals surface area (Å²) in [7, 11) is 0. The van der Waals surface area contributed by atoms with E-state index in [1.54, 1.807) is 24.3 Å². The van der Waals surface area contributed by atoms with E-state index in [4.69, 9.17) is 10.5 Å². The Balaban J connectivity index is 2.13. The largest absolute Gasteiger partial charge is 0.494 e. The van der Waals surface area contributed by atoms with Gasteiger partial charge in [-0.15, -0.1) is 0 Å². The standard InChI is InChI=1S/C15H15FN2O2/c1-2-20-12-6-4-11(5-7-12)18-15(19)13-9-10(17)3-8-14(13)16/h3-9H,2,17H2,1H3,(H,18,19). The van der Waals surface area contributed by atoms with Crippen molar-refractivity contribution in [1.82, 2.24) is 0 Å². The van der Waals surface area contributed by atoms with E-state index in [1.165, 1.54) is 18.2 Å². The molecule has 1 amide bonds. The maximum Gasteiger partial charge on any atom is 0.258 e. The number of halogens is 1. The van der Waals surface area contributed by atoms with E-state index in [-0.39, 0.29) is 5.56 Å². The van der Waals surface area contributed by atoms with E-state index < -0.39 is 11.7 Å². The molecule has 0 heterocycles. The van der Waals surface area contributed by atoms with Crippen LogP contribution in [0.3, 0.4) is 0 Å². The zero-order valence-corrected chi connectivity index (χ0v) is 11.0. The van der Waals surface area contributed by atoms with Gasteiger partial charge in [-0.2, -0.15) is 0 Å². The lowest BCUT2D eigenvalue weighted by Gasteiger charge is -2.08. The minimum Gasteiger partial charge on any atom is -0.494 e. The number of carbonyl (C=O) groups excluding carboxylic acids is 1. The summed E-state index contributed by atoms with van der Waals surface area (Å²) in [5.74, 6) is -0.442. The summed E-state index contributed by atoms with van der Waals surface area (Å²) in [6.07, 6.45) is 0. The third-order valence-corrected chi connectivity index (χ3v) is 2.66. The number of nitrogens with one attached hydrogen (secondary N) is 1. The van der Waals surface area contributed by atoms with Crippen LogP contribution in [0.2, 0.25) is 0 Å². The summed E-state index contributed by atoms with van der Waals surface area (Å²) < 4.78 is 18.8. The van der Waals surface area contributed by atoms with Gasteiger partial charge in [-0.3, -0.25) is 4.79 Å². The number of nitrogen functional groups attached to an aromatic ring is 1. The highest BCUT2D eigenvalue weighted by Crippen LogP contribution is 2.18. The molecule has 0 saturated carbocycles. The predicted molar refractivity (Wildman–Crippen MR) is 76.4 cm³/mol. The molecule has 2 aromatic rings. The van der Waals surface area contributed by atoms with Gasteiger partial charge in [-0.05, 0) is 49.4 Å². The molecular weight excluding hydrogens is 259 g/mol. The molecule has 0 unspecified atom stereocenters. The van der Waals surface area contributed by atoms with Gasteiger partial charge in [0, 0.05) is 11.4 Å². The SMILES string of the molecule is CCOc1ccc(NC(=O)c2cc(N)ccc2F)cc1. The first kappa shape index (κ1) is 13.9. The lowest BCUT2D eigenvalue weighted by atomic mass is 10.1. The first-order chi connectivity index (χ1) is 9.60. The van der Waals surface area contributed by atoms with Crippen LogP contribution in [0, 0.1) is 5.82 Å². The minimum absolute atomic E-state index is 0.0844. The molecule has 2 rings (SSSR count). The molecular formula is C15H15FN2O2. The molecule has 0 aliphatic rings. The van der Waals surface area contributed by atoms with Gasteiger partial charge in [-0.1, -0.05) is 0 Å². The van der Waals surface area contributed by atoms with E-state index in [1.807, 2.05) is 6.92 Å². The van der Waals surface area contributed by atoms with Crippen molar-refractivity contribution in [1.29, 1.82) is 0 Å². The van der Waals surface area contributed by atoms with Gasteiger partial charge in [0.2, 0.25) is 0 Å². The Morgan fingerprint density at radius 2 is 1.95 bits per heavy atom. The number of amides is 1. The molecule has 3 N–H and O–H groups in total. The highest BCUT2D eigenvalue weighted by molar-refractivity contribution is 6.04. The summed E-state index contributed by atoms with van der Waals surface area (Å²) in [6.45, 7) is 2.46. The van der Waals surface area contributed by atoms with E-state index in [0.717, 1.165) is 0 Å². The van der Waals surface area contributed by atoms with Crippen molar-refractivity contribution in [3.05, 3.63) is 53.8 Å². The summed E-state index contributed by atoms with van der Waals surface area (Å²) in [6, 6.07) is 10.7. The zero-order chi connectivity index (χ0) is 14.5. The van der Waals surface area contributed by atoms with Crippen molar-refractivity contribution >= 4 is 17.3 Å². The minimum atomic E-state index is -0.609. The van der Waals surface area contributed by atoms with Crippen LogP contribution in [-0.2, 0) is 0 Å². The number of anilines is 2. The number of rotatable bonds is 4. The molecule has 0 atom stereocenters. The van der Waals surface area contributed by atoms with E-state index in [0.29, 0.717) is 23.7 Å². The maximum absolute atomic E-state index is 13.6. The fourth-order valence-corrected chi connectivity index (χ4v) is 1.72. The van der Waals surface area contributed by atoms with Crippen molar-refractivity contribution < 1.29 is 13.9 Å². The van der Waals surface area contributed by atoms with Crippen LogP contribution >= 0.6 is 0 Å². The monoisotopic (exact) mass is 274 g/mol. The van der Waals surface area contributed by atoms with Crippen molar-refractivity contribution in [3.8, 4) is 5.75 Å². The summed E-state index contributed by atoms with van der Waals surface area (Å²) in [5.41, 5.74) is 6.36. The fourth-order valence-electron chi connectivity index (χ4n) is 1.72. The molecule has 104 valence electrons. The van der Waals surface area contributed by atoms with Gasteiger partial charge in [0.1, 0.15) is 11.6 Å². The Labute approximate surface area is 116 Å². The highest BCUT2D eigenvalue weighted by atomic mass is 19.1. The predicted octanol–water partition coefficient (Wildman–Crippen LogP) is 3.06. The van der Waals surface area contributed by atoms with Crippen molar-refractivity contribution in [2.45, 2.75) is 6.92 Å². The molecule has 0 bridgehead atoms. The Bertz CT molecular complexity index is 612. The molecule has 0 aliphatic heterocycles. The number of carbonyl (C=O) groups is 1. The number of hydrogen-bond acceptors (Lipinski definition) is 3. The van der Waals surface area contributed by atoms with E-state index in [9.17, 15) is 9.18 Å². The van der Waals surface area contributed by atoms with Gasteiger partial charge in [-0.25, -0.2) is 4.39 Å². The topological polar surface area (TPSA) is 64.3 Å². The summed E-state index contributed by atoms with van der Waals surface area (Å²) in [4.78, 5) is 12.0. The lowest BCUT2D eigenvalue weighted by molar-refractivity contribution is 0.102. The zero-order valence-electron chi connectivity index (χ0n) is 11.0. The molecule has 4 nitrogen and oxygen atoms in total. The number of benzene rings is 2. The molecule has 0 spiro atoms. The summed E-state index contributed by atoms with van der Waals surface area (Å²) in [5, 5.41) is 2.61. The Kier molecular flexibility index (Phi) is 4.20. The van der Waals surface area contributed by atoms with Crippen LogP contribution in [-0.4, -0.2) is 12.5 Å². The van der Waals surface area contributed by atoms with Crippen LogP contribution < -0.4 is 15.8 Å². The molecule has 0 saturated heterocycles. The molecule has 0 aromatic heterocycles. The average molecular weight is 274 g/mol. The Morgan fingerprint density at radius 1 is 1.25 bits per heavy atom. The third kappa shape index (κ3) is 3.26. The van der Waals surface area contributed by atoms with Gasteiger partial charge in [0.15, 0.2) is 0 Å². The average Bonchev–Trinajstić information content (AvgIpc) is 2.44. The molecule has 20 heavy (non-hydrogen) atoms. The van der Waals surface area contributed by atoms with Crippen LogP contribution in [0.15, 0.2) is 42.5 Å². The van der Waals surface area contributed by atoms with Crippen LogP contribution in [0.4, 0.5) is 15.8 Å². The quantitative estimate of drug-likeness (QED) is 0.842. The van der Waals surface area contributed by atoms with Crippen molar-refractivity contribution in [3.63, 3.8) is 0 Å². The second-order valence-corrected chi connectivity index (χ2v) is 4.15. The second kappa shape index (κ2) is 6.06. The smallest absolute Gasteiger partial charge is 0.258 e. The van der Waals surface area contributed by atoms with Crippen LogP contribution in [0.1, 0.15) is 17.3 Å². The summed E-state index contributed by atoms with van der Waals surface area (Å²) >= 11 is 0. The first-order valence-corrected chi connectivity index (χ1v) is 6.19.